The Bertz CT molecular complexity index is 1070. The zero-order valence-electron chi connectivity index (χ0n) is 17.6. The summed E-state index contributed by atoms with van der Waals surface area (Å²) in [7, 11) is 3.18. The third kappa shape index (κ3) is 6.26. The van der Waals surface area contributed by atoms with Crippen LogP contribution in [0.4, 0.5) is 5.13 Å². The fourth-order valence-corrected chi connectivity index (χ4v) is 3.69. The van der Waals surface area contributed by atoms with Gasteiger partial charge in [-0.3, -0.25) is 9.59 Å². The predicted octanol–water partition coefficient (Wildman–Crippen LogP) is 3.21. The molecule has 0 unspecified atom stereocenters. The number of benzene rings is 2. The Morgan fingerprint density at radius 3 is 2.58 bits per heavy atom. The second kappa shape index (κ2) is 10.5. The molecular weight excluding hydrogens is 416 g/mol. The van der Waals surface area contributed by atoms with E-state index < -0.39 is 0 Å². The maximum absolute atomic E-state index is 12.2. The van der Waals surface area contributed by atoms with Crippen LogP contribution in [-0.2, 0) is 11.2 Å². The molecule has 0 aliphatic rings. The van der Waals surface area contributed by atoms with Crippen molar-refractivity contribution in [1.29, 1.82) is 0 Å². The fraction of sp³-hybridized carbons (Fsp3) is 0.273. The molecule has 8 nitrogen and oxygen atoms in total. The molecule has 0 fully saturated rings. The highest BCUT2D eigenvalue weighted by atomic mass is 32.1. The van der Waals surface area contributed by atoms with Crippen LogP contribution in [0.5, 0.6) is 11.5 Å². The molecule has 9 heteroatoms. The van der Waals surface area contributed by atoms with Gasteiger partial charge in [0.1, 0.15) is 5.01 Å². The Hall–Kier alpha value is -3.46. The summed E-state index contributed by atoms with van der Waals surface area (Å²) in [5.41, 5.74) is 2.57. The number of nitrogens with one attached hydrogen (secondary N) is 2. The van der Waals surface area contributed by atoms with Crippen LogP contribution in [0.1, 0.15) is 32.9 Å². The van der Waals surface area contributed by atoms with E-state index in [2.05, 4.69) is 20.8 Å². The van der Waals surface area contributed by atoms with Crippen LogP contribution in [0.15, 0.2) is 42.5 Å². The molecule has 31 heavy (non-hydrogen) atoms. The molecule has 3 aromatic rings. The lowest BCUT2D eigenvalue weighted by atomic mass is 10.1. The monoisotopic (exact) mass is 440 g/mol. The lowest BCUT2D eigenvalue weighted by Gasteiger charge is -2.08. The summed E-state index contributed by atoms with van der Waals surface area (Å²) in [6.45, 7) is 2.15. The summed E-state index contributed by atoms with van der Waals surface area (Å²) in [5, 5.41) is 14.8. The van der Waals surface area contributed by atoms with Gasteiger partial charge in [0, 0.05) is 24.9 Å². The second-order valence-corrected chi connectivity index (χ2v) is 7.85. The molecular formula is C22H24N4O4S. The Kier molecular flexibility index (Phi) is 7.55. The minimum Gasteiger partial charge on any atom is -0.493 e. The number of hydrogen-bond donors (Lipinski definition) is 2. The maximum Gasteiger partial charge on any atom is 0.251 e. The third-order valence-corrected chi connectivity index (χ3v) is 5.27. The number of aromatic nitrogens is 2. The Balaban J connectivity index is 1.48. The van der Waals surface area contributed by atoms with Crippen LogP contribution in [0.25, 0.3) is 0 Å². The van der Waals surface area contributed by atoms with Crippen molar-refractivity contribution in [3.63, 3.8) is 0 Å². The summed E-state index contributed by atoms with van der Waals surface area (Å²) in [5.74, 6) is 0.861. The molecule has 2 N–H and O–H groups in total. The van der Waals surface area contributed by atoms with Crippen LogP contribution in [-0.4, -0.2) is 42.8 Å². The van der Waals surface area contributed by atoms with Gasteiger partial charge >= 0.3 is 0 Å². The van der Waals surface area contributed by atoms with E-state index in [9.17, 15) is 9.59 Å². The standard InChI is InChI=1S/C22H24N4O4S/c1-14-5-4-6-16(11-14)21(28)23-10-9-19(27)24-22-26-25-20(31-22)13-15-7-8-17(29-2)18(12-15)30-3/h4-8,11-12H,9-10,13H2,1-3H3,(H,23,28)(H,24,26,27). The number of rotatable bonds is 9. The zero-order valence-corrected chi connectivity index (χ0v) is 18.4. The zero-order chi connectivity index (χ0) is 22.2. The Morgan fingerprint density at radius 2 is 1.84 bits per heavy atom. The number of nitrogens with zero attached hydrogens (tertiary/aromatic N) is 2. The van der Waals surface area contributed by atoms with E-state index in [-0.39, 0.29) is 24.8 Å². The van der Waals surface area contributed by atoms with Crippen LogP contribution < -0.4 is 20.1 Å². The quantitative estimate of drug-likeness (QED) is 0.530. The van der Waals surface area contributed by atoms with Gasteiger partial charge in [-0.1, -0.05) is 35.1 Å². The largest absolute Gasteiger partial charge is 0.493 e. The second-order valence-electron chi connectivity index (χ2n) is 6.79. The van der Waals surface area contributed by atoms with Gasteiger partial charge in [0.05, 0.1) is 14.2 Å². The highest BCUT2D eigenvalue weighted by molar-refractivity contribution is 7.15. The normalized spacial score (nSPS) is 10.4. The van der Waals surface area contributed by atoms with Gasteiger partial charge in [0.25, 0.3) is 5.91 Å². The van der Waals surface area contributed by atoms with Crippen molar-refractivity contribution in [2.45, 2.75) is 19.8 Å². The first-order chi connectivity index (χ1) is 15.0. The van der Waals surface area contributed by atoms with Crippen molar-refractivity contribution in [3.8, 4) is 11.5 Å². The number of aryl methyl sites for hydroxylation is 1. The van der Waals surface area contributed by atoms with E-state index in [1.54, 1.807) is 26.4 Å². The molecule has 2 aromatic carbocycles. The molecule has 0 atom stereocenters. The van der Waals surface area contributed by atoms with Crippen LogP contribution in [0.3, 0.4) is 0 Å². The lowest BCUT2D eigenvalue weighted by Crippen LogP contribution is -2.27. The van der Waals surface area contributed by atoms with E-state index in [1.807, 2.05) is 37.3 Å². The molecule has 3 rings (SSSR count). The molecule has 1 heterocycles. The smallest absolute Gasteiger partial charge is 0.251 e. The summed E-state index contributed by atoms with van der Waals surface area (Å²) in [4.78, 5) is 24.3. The fourth-order valence-electron chi connectivity index (χ4n) is 2.90. The van der Waals surface area contributed by atoms with Gasteiger partial charge in [-0.25, -0.2) is 0 Å². The van der Waals surface area contributed by atoms with Crippen LogP contribution in [0.2, 0.25) is 0 Å². The van der Waals surface area contributed by atoms with E-state index in [0.29, 0.717) is 28.6 Å². The Morgan fingerprint density at radius 1 is 1.03 bits per heavy atom. The Labute approximate surface area is 184 Å². The summed E-state index contributed by atoms with van der Waals surface area (Å²) in [6, 6.07) is 12.9. The molecule has 0 saturated carbocycles. The number of methoxy groups -OCH3 is 2. The highest BCUT2D eigenvalue weighted by Crippen LogP contribution is 2.29. The third-order valence-electron chi connectivity index (χ3n) is 4.43. The average Bonchev–Trinajstić information content (AvgIpc) is 3.20. The average molecular weight is 441 g/mol. The van der Waals surface area contributed by atoms with Gasteiger partial charge in [-0.15, -0.1) is 10.2 Å². The van der Waals surface area contributed by atoms with E-state index in [0.717, 1.165) is 16.1 Å². The summed E-state index contributed by atoms with van der Waals surface area (Å²) < 4.78 is 10.6. The molecule has 0 aliphatic carbocycles. The molecule has 0 radical (unpaired) electrons. The topological polar surface area (TPSA) is 102 Å². The first-order valence-electron chi connectivity index (χ1n) is 9.66. The van der Waals surface area contributed by atoms with E-state index in [1.165, 1.54) is 11.3 Å². The van der Waals surface area contributed by atoms with E-state index in [4.69, 9.17) is 9.47 Å². The number of carbonyl (C=O) groups is 2. The minimum absolute atomic E-state index is 0.141. The van der Waals surface area contributed by atoms with Crippen LogP contribution in [0, 0.1) is 6.92 Å². The lowest BCUT2D eigenvalue weighted by molar-refractivity contribution is -0.116. The number of hydrogen-bond acceptors (Lipinski definition) is 7. The first-order valence-corrected chi connectivity index (χ1v) is 10.5. The summed E-state index contributed by atoms with van der Waals surface area (Å²) >= 11 is 1.30. The van der Waals surface area contributed by atoms with Crippen molar-refractivity contribution < 1.29 is 19.1 Å². The van der Waals surface area contributed by atoms with Gasteiger partial charge in [0.2, 0.25) is 11.0 Å². The molecule has 0 spiro atoms. The van der Waals surface area contributed by atoms with Crippen molar-refractivity contribution >= 4 is 28.3 Å². The number of amides is 2. The maximum atomic E-state index is 12.2. The van der Waals surface area contributed by atoms with Crippen molar-refractivity contribution in [3.05, 3.63) is 64.2 Å². The van der Waals surface area contributed by atoms with Gasteiger partial charge in [-0.05, 0) is 36.8 Å². The minimum atomic E-state index is -0.238. The number of anilines is 1. The van der Waals surface area contributed by atoms with Crippen molar-refractivity contribution in [1.82, 2.24) is 15.5 Å². The molecule has 0 bridgehead atoms. The number of ether oxygens (including phenoxy) is 2. The highest BCUT2D eigenvalue weighted by Gasteiger charge is 2.12. The van der Waals surface area contributed by atoms with E-state index >= 15 is 0 Å². The molecule has 0 saturated heterocycles. The SMILES string of the molecule is COc1ccc(Cc2nnc(NC(=O)CCNC(=O)c3cccc(C)c3)s2)cc1OC. The molecule has 162 valence electrons. The predicted molar refractivity (Wildman–Crippen MR) is 119 cm³/mol. The molecule has 1 aromatic heterocycles. The summed E-state index contributed by atoms with van der Waals surface area (Å²) in [6.07, 6.45) is 0.697. The molecule has 0 aliphatic heterocycles. The van der Waals surface area contributed by atoms with Crippen molar-refractivity contribution in [2.24, 2.45) is 0 Å². The van der Waals surface area contributed by atoms with Crippen molar-refractivity contribution in [2.75, 3.05) is 26.1 Å². The molecule has 2 amide bonds. The van der Waals surface area contributed by atoms with Crippen LogP contribution >= 0.6 is 11.3 Å². The van der Waals surface area contributed by atoms with Gasteiger partial charge < -0.3 is 20.1 Å². The van der Waals surface area contributed by atoms with Gasteiger partial charge in [0.15, 0.2) is 11.5 Å². The van der Waals surface area contributed by atoms with Gasteiger partial charge in [-0.2, -0.15) is 0 Å². The number of carbonyl (C=O) groups excluding carboxylic acids is 2. The first kappa shape index (κ1) is 22.2.